The summed E-state index contributed by atoms with van der Waals surface area (Å²) in [5.74, 6) is 0.776. The zero-order valence-electron chi connectivity index (χ0n) is 11.5. The molecule has 0 aliphatic heterocycles. The lowest BCUT2D eigenvalue weighted by molar-refractivity contribution is 0.479. The van der Waals surface area contributed by atoms with Gasteiger partial charge in [0.15, 0.2) is 0 Å². The van der Waals surface area contributed by atoms with Crippen molar-refractivity contribution in [1.82, 2.24) is 0 Å². The average molecular weight is 272 g/mol. The predicted molar refractivity (Wildman–Crippen MR) is 78.0 cm³/mol. The molecule has 2 aromatic carbocycles. The fourth-order valence-corrected chi connectivity index (χ4v) is 1.85. The summed E-state index contributed by atoms with van der Waals surface area (Å²) >= 11 is 0. The molecule has 2 rings (SSSR count). The molecular weight excluding hydrogens is 255 g/mol. The molecule has 0 heterocycles. The van der Waals surface area contributed by atoms with Gasteiger partial charge in [0.25, 0.3) is 0 Å². The fraction of sp³-hybridized carbons (Fsp3) is 0.188. The quantitative estimate of drug-likeness (QED) is 0.652. The predicted octanol–water partition coefficient (Wildman–Crippen LogP) is 4.03. The number of hydrogen-bond acceptors (Lipinski definition) is 2. The van der Waals surface area contributed by atoms with Crippen molar-refractivity contribution < 1.29 is 9.13 Å². The number of nitrogens with two attached hydrogens (primary N) is 1. The zero-order valence-corrected chi connectivity index (χ0v) is 11.5. The molecule has 0 atom stereocenters. The minimum absolute atomic E-state index is 0.224. The van der Waals surface area contributed by atoms with Crippen LogP contribution in [0.25, 0.3) is 0 Å². The normalized spacial score (nSPS) is 10.6. The third-order valence-electron chi connectivity index (χ3n) is 3.01. The van der Waals surface area contributed by atoms with Gasteiger partial charge in [0.2, 0.25) is 0 Å². The van der Waals surface area contributed by atoms with Gasteiger partial charge in [0, 0.05) is 0 Å². The largest absolute Gasteiger partial charge is 0.457 e. The van der Waals surface area contributed by atoms with Crippen LogP contribution in [0.2, 0.25) is 0 Å². The van der Waals surface area contributed by atoms with E-state index in [0.29, 0.717) is 17.4 Å². The van der Waals surface area contributed by atoms with E-state index in [2.05, 4.69) is 13.8 Å². The van der Waals surface area contributed by atoms with Crippen molar-refractivity contribution in [1.29, 1.82) is 5.41 Å². The smallest absolute Gasteiger partial charge is 0.138 e. The Morgan fingerprint density at radius 3 is 2.35 bits per heavy atom. The lowest BCUT2D eigenvalue weighted by Crippen LogP contribution is -2.12. The Morgan fingerprint density at radius 1 is 1.15 bits per heavy atom. The molecule has 0 aliphatic carbocycles. The maximum absolute atomic E-state index is 13.2. The van der Waals surface area contributed by atoms with E-state index < -0.39 is 5.82 Å². The maximum atomic E-state index is 13.2. The monoisotopic (exact) mass is 272 g/mol. The van der Waals surface area contributed by atoms with Crippen LogP contribution in [-0.4, -0.2) is 5.84 Å². The van der Waals surface area contributed by atoms with Gasteiger partial charge >= 0.3 is 0 Å². The van der Waals surface area contributed by atoms with Crippen LogP contribution in [0.1, 0.15) is 30.9 Å². The highest BCUT2D eigenvalue weighted by Gasteiger charge is 2.09. The highest BCUT2D eigenvalue weighted by atomic mass is 19.1. The van der Waals surface area contributed by atoms with Crippen LogP contribution in [0.15, 0.2) is 42.5 Å². The first kappa shape index (κ1) is 14.1. The van der Waals surface area contributed by atoms with Crippen LogP contribution in [0.4, 0.5) is 4.39 Å². The van der Waals surface area contributed by atoms with Crippen LogP contribution >= 0.6 is 0 Å². The van der Waals surface area contributed by atoms with Crippen molar-refractivity contribution in [2.45, 2.75) is 19.8 Å². The molecule has 0 bridgehead atoms. The number of hydrogen-bond donors (Lipinski definition) is 2. The first-order valence-electron chi connectivity index (χ1n) is 6.39. The van der Waals surface area contributed by atoms with Crippen molar-refractivity contribution in [3.63, 3.8) is 0 Å². The van der Waals surface area contributed by atoms with Gasteiger partial charge in [-0.25, -0.2) is 4.39 Å². The molecule has 3 N–H and O–H groups in total. The van der Waals surface area contributed by atoms with Gasteiger partial charge < -0.3 is 10.5 Å². The number of benzene rings is 2. The molecule has 2 aromatic rings. The highest BCUT2D eigenvalue weighted by molar-refractivity contribution is 5.97. The van der Waals surface area contributed by atoms with Crippen LogP contribution < -0.4 is 10.5 Å². The lowest BCUT2D eigenvalue weighted by atomic mass is 10.0. The highest BCUT2D eigenvalue weighted by Crippen LogP contribution is 2.27. The third kappa shape index (κ3) is 3.15. The summed E-state index contributed by atoms with van der Waals surface area (Å²) in [6, 6.07) is 11.6. The van der Waals surface area contributed by atoms with E-state index in [1.54, 1.807) is 0 Å². The molecule has 20 heavy (non-hydrogen) atoms. The van der Waals surface area contributed by atoms with E-state index >= 15 is 0 Å². The first-order valence-corrected chi connectivity index (χ1v) is 6.39. The second-order valence-electron chi connectivity index (χ2n) is 4.88. The van der Waals surface area contributed by atoms with Crippen molar-refractivity contribution in [3.05, 3.63) is 59.4 Å². The molecule has 3 nitrogen and oxygen atoms in total. The molecular formula is C16H17FN2O. The van der Waals surface area contributed by atoms with Crippen molar-refractivity contribution in [2.75, 3.05) is 0 Å². The molecule has 0 fully saturated rings. The van der Waals surface area contributed by atoms with Gasteiger partial charge in [-0.2, -0.15) is 0 Å². The zero-order chi connectivity index (χ0) is 14.7. The fourth-order valence-electron chi connectivity index (χ4n) is 1.85. The molecule has 0 radical (unpaired) electrons. The second kappa shape index (κ2) is 5.74. The summed E-state index contributed by atoms with van der Waals surface area (Å²) in [7, 11) is 0. The number of rotatable bonds is 4. The topological polar surface area (TPSA) is 59.1 Å². The number of nitrogen functional groups attached to an aromatic ring is 1. The van der Waals surface area contributed by atoms with Crippen molar-refractivity contribution in [3.8, 4) is 11.5 Å². The summed E-state index contributed by atoms with van der Waals surface area (Å²) in [4.78, 5) is 0. The first-order chi connectivity index (χ1) is 9.47. The Kier molecular flexibility index (Phi) is 4.03. The van der Waals surface area contributed by atoms with Crippen LogP contribution in [0.5, 0.6) is 11.5 Å². The molecule has 0 amide bonds. The van der Waals surface area contributed by atoms with E-state index in [0.717, 1.165) is 0 Å². The third-order valence-corrected chi connectivity index (χ3v) is 3.01. The molecule has 0 aliphatic rings. The van der Waals surface area contributed by atoms with Gasteiger partial charge in [-0.3, -0.25) is 5.41 Å². The molecule has 0 spiro atoms. The van der Waals surface area contributed by atoms with E-state index in [-0.39, 0.29) is 11.4 Å². The SMILES string of the molecule is CC(C)c1ccc(Oc2ccc(F)cc2C(=N)N)cc1. The van der Waals surface area contributed by atoms with E-state index in [1.165, 1.54) is 23.8 Å². The minimum atomic E-state index is -0.447. The molecule has 0 saturated heterocycles. The van der Waals surface area contributed by atoms with Crippen LogP contribution in [0.3, 0.4) is 0 Å². The summed E-state index contributed by atoms with van der Waals surface area (Å²) in [6.07, 6.45) is 0. The summed E-state index contributed by atoms with van der Waals surface area (Å²) in [5.41, 5.74) is 6.90. The van der Waals surface area contributed by atoms with Crippen molar-refractivity contribution in [2.24, 2.45) is 5.73 Å². The summed E-state index contributed by atoms with van der Waals surface area (Å²) < 4.78 is 18.9. The van der Waals surface area contributed by atoms with E-state index in [1.807, 2.05) is 24.3 Å². The lowest BCUT2D eigenvalue weighted by Gasteiger charge is -2.11. The van der Waals surface area contributed by atoms with Gasteiger partial charge in [0.05, 0.1) is 5.56 Å². The molecule has 0 unspecified atom stereocenters. The van der Waals surface area contributed by atoms with Gasteiger partial charge in [0.1, 0.15) is 23.2 Å². The van der Waals surface area contributed by atoms with Gasteiger partial charge in [-0.15, -0.1) is 0 Å². The van der Waals surface area contributed by atoms with Gasteiger partial charge in [-0.05, 0) is 41.8 Å². The second-order valence-corrected chi connectivity index (χ2v) is 4.88. The minimum Gasteiger partial charge on any atom is -0.457 e. The average Bonchev–Trinajstić information content (AvgIpc) is 2.41. The summed E-state index contributed by atoms with van der Waals surface area (Å²) in [5, 5.41) is 7.46. The molecule has 4 heteroatoms. The van der Waals surface area contributed by atoms with Gasteiger partial charge in [-0.1, -0.05) is 26.0 Å². The Labute approximate surface area is 117 Å². The Balaban J connectivity index is 2.28. The number of nitrogens with one attached hydrogen (secondary N) is 1. The maximum Gasteiger partial charge on any atom is 0.138 e. The van der Waals surface area contributed by atoms with E-state index in [4.69, 9.17) is 15.9 Å². The number of halogens is 1. The number of ether oxygens (including phenoxy) is 1. The Bertz CT molecular complexity index is 621. The van der Waals surface area contributed by atoms with Crippen LogP contribution in [-0.2, 0) is 0 Å². The Morgan fingerprint density at radius 2 is 1.80 bits per heavy atom. The molecule has 104 valence electrons. The van der Waals surface area contributed by atoms with E-state index in [9.17, 15) is 4.39 Å². The summed E-state index contributed by atoms with van der Waals surface area (Å²) in [6.45, 7) is 4.23. The standard InChI is InChI=1S/C16H17FN2O/c1-10(2)11-3-6-13(7-4-11)20-15-8-5-12(17)9-14(15)16(18)19/h3-10H,1-2H3,(H3,18,19). The van der Waals surface area contributed by atoms with Crippen LogP contribution in [0, 0.1) is 11.2 Å². The van der Waals surface area contributed by atoms with Crippen molar-refractivity contribution >= 4 is 5.84 Å². The molecule has 0 saturated carbocycles. The Hall–Kier alpha value is -2.36. The number of amidine groups is 1. The molecule has 0 aromatic heterocycles.